The first-order valence-electron chi connectivity index (χ1n) is 1.82. The van der Waals surface area contributed by atoms with Crippen molar-refractivity contribution in [3.63, 3.8) is 0 Å². The van der Waals surface area contributed by atoms with E-state index in [9.17, 15) is 0 Å². The second-order valence-electron chi connectivity index (χ2n) is 1.41. The molecule has 0 fully saturated rings. The molecule has 2 heteroatoms. The van der Waals surface area contributed by atoms with E-state index in [-0.39, 0.29) is 0 Å². The van der Waals surface area contributed by atoms with E-state index < -0.39 is 0 Å². The van der Waals surface area contributed by atoms with Gasteiger partial charge in [-0.2, -0.15) is 0 Å². The van der Waals surface area contributed by atoms with Gasteiger partial charge in [-0.25, -0.2) is 0 Å². The van der Waals surface area contributed by atoms with E-state index in [0.29, 0.717) is 0 Å². The molecule has 0 amide bonds. The van der Waals surface area contributed by atoms with Crippen LogP contribution in [-0.4, -0.2) is 23.5 Å². The molecule has 0 rings (SSSR count). The minimum absolute atomic E-state index is 1.22. The summed E-state index contributed by atoms with van der Waals surface area (Å²) in [5.74, 6) is 0. The van der Waals surface area contributed by atoms with Crippen molar-refractivity contribution in [1.29, 1.82) is 0 Å². The Hall–Kier alpha value is 0.362. The van der Waals surface area contributed by atoms with Gasteiger partial charge in [0, 0.05) is 0 Å². The SMILES string of the molecule is C[C](=[Cr])N(C)C. The third-order valence-corrected chi connectivity index (χ3v) is 1.20. The molecule has 0 saturated heterocycles. The monoisotopic (exact) mass is 123 g/mol. The maximum atomic E-state index is 2.88. The first-order valence-corrected chi connectivity index (χ1v) is 2.46. The number of nitrogens with zero attached hydrogens (tertiary/aromatic N) is 1. The van der Waals surface area contributed by atoms with Crippen LogP contribution in [0.25, 0.3) is 0 Å². The van der Waals surface area contributed by atoms with Crippen molar-refractivity contribution in [3.05, 3.63) is 0 Å². The minimum atomic E-state index is 1.22. The summed E-state index contributed by atoms with van der Waals surface area (Å²) in [6.45, 7) is 2.03. The Bertz CT molecular complexity index is 58.6. The molecule has 0 radical (unpaired) electrons. The molecule has 6 heavy (non-hydrogen) atoms. The van der Waals surface area contributed by atoms with Gasteiger partial charge in [0.25, 0.3) is 0 Å². The van der Waals surface area contributed by atoms with Gasteiger partial charge in [-0.15, -0.1) is 0 Å². The van der Waals surface area contributed by atoms with Crippen LogP contribution in [0.3, 0.4) is 0 Å². The predicted molar refractivity (Wildman–Crippen MR) is 24.4 cm³/mol. The fraction of sp³-hybridized carbons (Fsp3) is 0.750. The Kier molecular flexibility index (Phi) is 2.67. The van der Waals surface area contributed by atoms with Gasteiger partial charge < -0.3 is 0 Å². The quantitative estimate of drug-likeness (QED) is 0.483. The van der Waals surface area contributed by atoms with E-state index >= 15 is 0 Å². The van der Waals surface area contributed by atoms with Crippen molar-refractivity contribution < 1.29 is 15.9 Å². The van der Waals surface area contributed by atoms with Crippen molar-refractivity contribution in [2.75, 3.05) is 14.1 Å². The van der Waals surface area contributed by atoms with Crippen LogP contribution in [0.2, 0.25) is 0 Å². The molecule has 0 aromatic heterocycles. The fourth-order valence-electron chi connectivity index (χ4n) is 0. The van der Waals surface area contributed by atoms with Crippen LogP contribution in [0.1, 0.15) is 6.92 Å². The van der Waals surface area contributed by atoms with Crippen molar-refractivity contribution in [2.24, 2.45) is 0 Å². The summed E-state index contributed by atoms with van der Waals surface area (Å²) in [7, 11) is 4.01. The van der Waals surface area contributed by atoms with E-state index in [4.69, 9.17) is 0 Å². The number of hydrogen-bond donors (Lipinski definition) is 0. The van der Waals surface area contributed by atoms with E-state index in [1.54, 1.807) is 0 Å². The summed E-state index contributed by atoms with van der Waals surface area (Å²) >= 11 is 2.88. The van der Waals surface area contributed by atoms with Gasteiger partial charge in [0.1, 0.15) is 0 Å². The first-order chi connectivity index (χ1) is 2.64. The van der Waals surface area contributed by atoms with Crippen molar-refractivity contribution in [2.45, 2.75) is 6.92 Å². The maximum absolute atomic E-state index is 2.88. The van der Waals surface area contributed by atoms with Gasteiger partial charge in [0.15, 0.2) is 0 Å². The van der Waals surface area contributed by atoms with Crippen LogP contribution >= 0.6 is 0 Å². The first kappa shape index (κ1) is 6.36. The molecule has 0 heterocycles. The average molecular weight is 123 g/mol. The molecule has 0 bridgehead atoms. The molecule has 1 nitrogen and oxygen atoms in total. The molecule has 0 spiro atoms. The Morgan fingerprint density at radius 3 is 1.67 bits per heavy atom. The Morgan fingerprint density at radius 1 is 1.50 bits per heavy atom. The van der Waals surface area contributed by atoms with Gasteiger partial charge in [-0.1, -0.05) is 0 Å². The zero-order valence-electron chi connectivity index (χ0n) is 4.36. The van der Waals surface area contributed by atoms with Crippen LogP contribution in [-0.2, 0) is 15.9 Å². The zero-order valence-corrected chi connectivity index (χ0v) is 5.63. The van der Waals surface area contributed by atoms with Crippen molar-refractivity contribution in [1.82, 2.24) is 4.90 Å². The molecule has 0 aliphatic heterocycles. The summed E-state index contributed by atoms with van der Waals surface area (Å²) < 4.78 is 1.22. The second-order valence-corrected chi connectivity index (χ2v) is 2.34. The normalized spacial score (nSPS) is 9.33. The van der Waals surface area contributed by atoms with Crippen LogP contribution < -0.4 is 0 Å². The standard InChI is InChI=1S/C4H9N.Cr/c1-4-5(2)3;/h1-3H3;. The molecule has 0 aliphatic carbocycles. The summed E-state index contributed by atoms with van der Waals surface area (Å²) in [4.78, 5) is 2.03. The Labute approximate surface area is 46.9 Å². The molecular formula is C4H9CrN. The predicted octanol–water partition coefficient (Wildman–Crippen LogP) is 0.245. The van der Waals surface area contributed by atoms with Gasteiger partial charge >= 0.3 is 46.3 Å². The molecule has 0 saturated carbocycles. The Balaban J connectivity index is 3.26. The third kappa shape index (κ3) is 2.59. The summed E-state index contributed by atoms with van der Waals surface area (Å²) in [6, 6.07) is 0. The second kappa shape index (κ2) is 2.52. The number of rotatable bonds is 1. The van der Waals surface area contributed by atoms with E-state index in [2.05, 4.69) is 15.9 Å². The summed E-state index contributed by atoms with van der Waals surface area (Å²) in [5, 5.41) is 0. The van der Waals surface area contributed by atoms with Gasteiger partial charge in [-0.3, -0.25) is 0 Å². The van der Waals surface area contributed by atoms with Crippen molar-refractivity contribution in [3.8, 4) is 0 Å². The molecule has 0 N–H and O–H groups in total. The van der Waals surface area contributed by atoms with Crippen LogP contribution in [0.4, 0.5) is 0 Å². The van der Waals surface area contributed by atoms with Crippen molar-refractivity contribution >= 4 is 4.50 Å². The summed E-state index contributed by atoms with van der Waals surface area (Å²) in [5.41, 5.74) is 0. The van der Waals surface area contributed by atoms with Crippen LogP contribution in [0, 0.1) is 0 Å². The van der Waals surface area contributed by atoms with E-state index in [1.165, 1.54) is 4.50 Å². The molecular weight excluding hydrogens is 114 g/mol. The molecule has 0 aromatic carbocycles. The number of hydrogen-bond acceptors (Lipinski definition) is 1. The average Bonchev–Trinajstić information content (AvgIpc) is 1.36. The molecule has 36 valence electrons. The molecule has 0 atom stereocenters. The fourth-order valence-corrected chi connectivity index (χ4v) is 0. The molecule has 0 aromatic rings. The summed E-state index contributed by atoms with van der Waals surface area (Å²) in [6.07, 6.45) is 0. The third-order valence-electron chi connectivity index (χ3n) is 0.630. The van der Waals surface area contributed by atoms with Crippen LogP contribution in [0.5, 0.6) is 0 Å². The van der Waals surface area contributed by atoms with Gasteiger partial charge in [0.2, 0.25) is 0 Å². The van der Waals surface area contributed by atoms with E-state index in [1.807, 2.05) is 25.9 Å². The van der Waals surface area contributed by atoms with E-state index in [0.717, 1.165) is 0 Å². The van der Waals surface area contributed by atoms with Crippen LogP contribution in [0.15, 0.2) is 0 Å². The van der Waals surface area contributed by atoms with Gasteiger partial charge in [0.05, 0.1) is 0 Å². The molecule has 0 unspecified atom stereocenters. The zero-order chi connectivity index (χ0) is 5.15. The van der Waals surface area contributed by atoms with Gasteiger partial charge in [-0.05, 0) is 0 Å². The topological polar surface area (TPSA) is 3.24 Å². The Morgan fingerprint density at radius 2 is 1.67 bits per heavy atom. The molecule has 0 aliphatic rings.